The van der Waals surface area contributed by atoms with Crippen LogP contribution in [0.2, 0.25) is 0 Å². The molecule has 3 rings (SSSR count). The molecule has 0 aliphatic carbocycles. The number of hydrogen-bond acceptors (Lipinski definition) is 4. The number of aryl methyl sites for hydroxylation is 1. The van der Waals surface area contributed by atoms with Gasteiger partial charge >= 0.3 is 0 Å². The molecule has 0 aliphatic rings. The van der Waals surface area contributed by atoms with Gasteiger partial charge in [0.15, 0.2) is 5.76 Å². The first-order chi connectivity index (χ1) is 13.0. The van der Waals surface area contributed by atoms with Crippen molar-refractivity contribution >= 4 is 16.7 Å². The Kier molecular flexibility index (Phi) is 5.54. The van der Waals surface area contributed by atoms with Gasteiger partial charge in [-0.05, 0) is 38.3 Å². The Labute approximate surface area is 160 Å². The molecule has 4 nitrogen and oxygen atoms in total. The fraction of sp³-hybridized carbons (Fsp3) is 0.348. The minimum absolute atomic E-state index is 0.223. The largest absolute Gasteiger partial charge is 0.502 e. The molecule has 1 N–H and O–H groups in total. The number of rotatable bonds is 6. The van der Waals surface area contributed by atoms with Crippen molar-refractivity contribution in [3.8, 4) is 17.1 Å². The average Bonchev–Trinajstić information content (AvgIpc) is 2.68. The van der Waals surface area contributed by atoms with Crippen molar-refractivity contribution in [1.82, 2.24) is 0 Å². The van der Waals surface area contributed by atoms with Crippen molar-refractivity contribution < 1.29 is 9.52 Å². The number of nitrogens with zero attached hydrogens (tertiary/aromatic N) is 1. The summed E-state index contributed by atoms with van der Waals surface area (Å²) in [6.07, 6.45) is 1.87. The molecule has 142 valence electrons. The van der Waals surface area contributed by atoms with Crippen molar-refractivity contribution in [3.63, 3.8) is 0 Å². The summed E-state index contributed by atoms with van der Waals surface area (Å²) in [7, 11) is 0. The molecule has 2 aromatic carbocycles. The molecule has 0 fully saturated rings. The van der Waals surface area contributed by atoms with Gasteiger partial charge < -0.3 is 14.4 Å². The van der Waals surface area contributed by atoms with E-state index in [0.29, 0.717) is 16.5 Å². The van der Waals surface area contributed by atoms with Crippen LogP contribution in [-0.4, -0.2) is 18.2 Å². The zero-order chi connectivity index (χ0) is 19.6. The van der Waals surface area contributed by atoms with Crippen LogP contribution in [0.1, 0.15) is 38.3 Å². The molecule has 0 saturated heterocycles. The number of aromatic hydroxyl groups is 1. The van der Waals surface area contributed by atoms with Gasteiger partial charge in [0.25, 0.3) is 0 Å². The quantitative estimate of drug-likeness (QED) is 0.646. The molecule has 0 saturated carbocycles. The predicted molar refractivity (Wildman–Crippen MR) is 112 cm³/mol. The molecule has 0 amide bonds. The second-order valence-electron chi connectivity index (χ2n) is 6.77. The smallest absolute Gasteiger partial charge is 0.235 e. The van der Waals surface area contributed by atoms with Crippen molar-refractivity contribution in [2.75, 3.05) is 18.0 Å². The molecule has 0 spiro atoms. The molecule has 0 atom stereocenters. The lowest BCUT2D eigenvalue weighted by Gasteiger charge is -2.26. The molecule has 0 unspecified atom stereocenters. The number of hydrogen-bond donors (Lipinski definition) is 1. The van der Waals surface area contributed by atoms with E-state index in [4.69, 9.17) is 4.42 Å². The zero-order valence-electron chi connectivity index (χ0n) is 16.5. The zero-order valence-corrected chi connectivity index (χ0v) is 16.5. The first-order valence-electron chi connectivity index (χ1n) is 9.65. The number of fused-ring (bicyclic) bond motifs is 1. The van der Waals surface area contributed by atoms with Crippen LogP contribution in [0.5, 0.6) is 5.75 Å². The van der Waals surface area contributed by atoms with Crippen molar-refractivity contribution in [2.24, 2.45) is 0 Å². The molecule has 4 heteroatoms. The maximum absolute atomic E-state index is 13.0. The van der Waals surface area contributed by atoms with Crippen LogP contribution in [-0.2, 0) is 6.42 Å². The lowest BCUT2D eigenvalue weighted by atomic mass is 9.96. The summed E-state index contributed by atoms with van der Waals surface area (Å²) in [6, 6.07) is 11.2. The van der Waals surface area contributed by atoms with Gasteiger partial charge in [0, 0.05) is 30.4 Å². The molecule has 0 radical (unpaired) electrons. The van der Waals surface area contributed by atoms with Crippen LogP contribution in [0.4, 0.5) is 5.69 Å². The summed E-state index contributed by atoms with van der Waals surface area (Å²) < 4.78 is 6.08. The van der Waals surface area contributed by atoms with E-state index in [-0.39, 0.29) is 16.9 Å². The highest BCUT2D eigenvalue weighted by Crippen LogP contribution is 2.36. The van der Waals surface area contributed by atoms with E-state index in [1.54, 1.807) is 0 Å². The summed E-state index contributed by atoms with van der Waals surface area (Å²) in [6.45, 7) is 10.1. The maximum atomic E-state index is 13.0. The summed E-state index contributed by atoms with van der Waals surface area (Å²) in [5, 5.41) is 11.0. The third-order valence-electron chi connectivity index (χ3n) is 5.16. The Hall–Kier alpha value is -2.75. The minimum Gasteiger partial charge on any atom is -0.502 e. The van der Waals surface area contributed by atoms with E-state index in [9.17, 15) is 9.90 Å². The Morgan fingerprint density at radius 3 is 2.33 bits per heavy atom. The Morgan fingerprint density at radius 2 is 1.74 bits per heavy atom. The molecule has 1 aromatic heterocycles. The lowest BCUT2D eigenvalue weighted by molar-refractivity contribution is 0.449. The first-order valence-corrected chi connectivity index (χ1v) is 9.65. The SMILES string of the molecule is CCCc1c(N(CC)CC)cc2oc(-c3ccccc3)c(O)c(=O)c2c1C. The first kappa shape index (κ1) is 19.0. The van der Waals surface area contributed by atoms with Crippen LogP contribution in [0.25, 0.3) is 22.3 Å². The fourth-order valence-electron chi connectivity index (χ4n) is 3.75. The van der Waals surface area contributed by atoms with Gasteiger partial charge in [0.05, 0.1) is 5.39 Å². The maximum Gasteiger partial charge on any atom is 0.235 e. The van der Waals surface area contributed by atoms with E-state index < -0.39 is 0 Å². The standard InChI is InChI=1S/C23H27NO3/c1-5-11-17-15(4)20-19(14-18(17)24(6-2)7-3)27-23(22(26)21(20)25)16-12-9-8-10-13-16/h8-10,12-14,26H,5-7,11H2,1-4H3. The number of anilines is 1. The Morgan fingerprint density at radius 1 is 1.07 bits per heavy atom. The fourth-order valence-corrected chi connectivity index (χ4v) is 3.75. The van der Waals surface area contributed by atoms with E-state index >= 15 is 0 Å². The van der Waals surface area contributed by atoms with Gasteiger partial charge in [-0.3, -0.25) is 4.79 Å². The molecule has 27 heavy (non-hydrogen) atoms. The van der Waals surface area contributed by atoms with E-state index in [1.807, 2.05) is 43.3 Å². The van der Waals surface area contributed by atoms with Gasteiger partial charge in [-0.2, -0.15) is 0 Å². The van der Waals surface area contributed by atoms with Gasteiger partial charge in [0.1, 0.15) is 5.58 Å². The summed E-state index contributed by atoms with van der Waals surface area (Å²) in [5.41, 5.74) is 4.02. The molecule has 3 aromatic rings. The average molecular weight is 365 g/mol. The minimum atomic E-state index is -0.365. The monoisotopic (exact) mass is 365 g/mol. The van der Waals surface area contributed by atoms with Crippen LogP contribution >= 0.6 is 0 Å². The third kappa shape index (κ3) is 3.32. The highest BCUT2D eigenvalue weighted by atomic mass is 16.4. The van der Waals surface area contributed by atoms with Gasteiger partial charge in [0.2, 0.25) is 11.2 Å². The molecule has 0 bridgehead atoms. The van der Waals surface area contributed by atoms with Crippen molar-refractivity contribution in [3.05, 3.63) is 57.7 Å². The Balaban J connectivity index is 2.37. The van der Waals surface area contributed by atoms with E-state index in [0.717, 1.165) is 42.7 Å². The van der Waals surface area contributed by atoms with Crippen molar-refractivity contribution in [1.29, 1.82) is 0 Å². The molecule has 1 heterocycles. The molecule has 0 aliphatic heterocycles. The van der Waals surface area contributed by atoms with Crippen LogP contribution in [0, 0.1) is 6.92 Å². The third-order valence-corrected chi connectivity index (χ3v) is 5.16. The van der Waals surface area contributed by atoms with Crippen LogP contribution in [0.3, 0.4) is 0 Å². The predicted octanol–water partition coefficient (Wildman–Crippen LogP) is 5.27. The number of benzene rings is 2. The molecular weight excluding hydrogens is 338 g/mol. The van der Waals surface area contributed by atoms with Crippen molar-refractivity contribution in [2.45, 2.75) is 40.5 Å². The second kappa shape index (κ2) is 7.87. The summed E-state index contributed by atoms with van der Waals surface area (Å²) >= 11 is 0. The summed E-state index contributed by atoms with van der Waals surface area (Å²) in [4.78, 5) is 15.3. The summed E-state index contributed by atoms with van der Waals surface area (Å²) in [5.74, 6) is -0.101. The normalized spacial score (nSPS) is 11.1. The Bertz CT molecular complexity index is 1000. The lowest BCUT2D eigenvalue weighted by Crippen LogP contribution is -2.24. The van der Waals surface area contributed by atoms with Gasteiger partial charge in [-0.25, -0.2) is 0 Å². The van der Waals surface area contributed by atoms with Gasteiger partial charge in [-0.15, -0.1) is 0 Å². The van der Waals surface area contributed by atoms with Crippen LogP contribution < -0.4 is 10.3 Å². The highest BCUT2D eigenvalue weighted by Gasteiger charge is 2.21. The van der Waals surface area contributed by atoms with Crippen LogP contribution in [0.15, 0.2) is 45.6 Å². The van der Waals surface area contributed by atoms with Gasteiger partial charge in [-0.1, -0.05) is 43.7 Å². The topological polar surface area (TPSA) is 53.7 Å². The molecular formula is C23H27NO3. The van der Waals surface area contributed by atoms with E-state index in [1.165, 1.54) is 0 Å². The second-order valence-corrected chi connectivity index (χ2v) is 6.77. The van der Waals surface area contributed by atoms with E-state index in [2.05, 4.69) is 25.7 Å². The highest BCUT2D eigenvalue weighted by molar-refractivity contribution is 5.89.